The van der Waals surface area contributed by atoms with Gasteiger partial charge in [-0.05, 0) is 37.1 Å². The predicted octanol–water partition coefficient (Wildman–Crippen LogP) is 2.65. The number of rotatable bonds is 8. The highest BCUT2D eigenvalue weighted by Gasteiger charge is 2.30. The first kappa shape index (κ1) is 17.1. The zero-order valence-corrected chi connectivity index (χ0v) is 15.7. The Morgan fingerprint density at radius 1 is 1.40 bits per heavy atom. The Labute approximate surface area is 155 Å². The number of carbonyl (C=O) groups is 1. The molecule has 1 saturated heterocycles. The summed E-state index contributed by atoms with van der Waals surface area (Å²) >= 11 is 3.22. The number of thioether (sulfide) groups is 1. The van der Waals surface area contributed by atoms with Gasteiger partial charge in [0.1, 0.15) is 5.82 Å². The van der Waals surface area contributed by atoms with Crippen molar-refractivity contribution >= 4 is 29.0 Å². The van der Waals surface area contributed by atoms with Crippen LogP contribution >= 0.6 is 23.1 Å². The largest absolute Gasteiger partial charge is 0.376 e. The van der Waals surface area contributed by atoms with Crippen LogP contribution in [0.4, 0.5) is 0 Å². The molecule has 2 aromatic rings. The van der Waals surface area contributed by atoms with Crippen LogP contribution in [0.1, 0.15) is 42.4 Å². The normalized spacial score (nSPS) is 20.1. The molecule has 0 bridgehead atoms. The number of hydrogen-bond acceptors (Lipinski definition) is 6. The average molecular weight is 379 g/mol. The molecular formula is C17H22N4O2S2. The molecule has 1 aliphatic carbocycles. The van der Waals surface area contributed by atoms with Crippen LogP contribution in [0.15, 0.2) is 22.7 Å². The molecular weight excluding hydrogens is 356 g/mol. The van der Waals surface area contributed by atoms with Gasteiger partial charge in [-0.15, -0.1) is 21.5 Å². The monoisotopic (exact) mass is 378 g/mol. The van der Waals surface area contributed by atoms with Crippen LogP contribution in [0.2, 0.25) is 0 Å². The predicted molar refractivity (Wildman–Crippen MR) is 98.1 cm³/mol. The SMILES string of the molecule is O=C(CSc1nnc(Cc2cccs2)n1C1CC1)NC[C@H]1CCCO1. The summed E-state index contributed by atoms with van der Waals surface area (Å²) in [5.41, 5.74) is 0. The summed E-state index contributed by atoms with van der Waals surface area (Å²) < 4.78 is 7.77. The molecule has 1 saturated carbocycles. The van der Waals surface area contributed by atoms with Crippen molar-refractivity contribution in [3.8, 4) is 0 Å². The molecule has 3 heterocycles. The van der Waals surface area contributed by atoms with E-state index in [2.05, 4.69) is 37.6 Å². The van der Waals surface area contributed by atoms with Gasteiger partial charge in [0, 0.05) is 30.5 Å². The van der Waals surface area contributed by atoms with Crippen LogP contribution in [-0.4, -0.2) is 45.7 Å². The lowest BCUT2D eigenvalue weighted by molar-refractivity contribution is -0.119. The molecule has 2 aliphatic rings. The average Bonchev–Trinajstić information content (AvgIpc) is 3.05. The van der Waals surface area contributed by atoms with Crippen LogP contribution in [0.25, 0.3) is 0 Å². The van der Waals surface area contributed by atoms with Gasteiger partial charge in [-0.3, -0.25) is 4.79 Å². The fourth-order valence-electron chi connectivity index (χ4n) is 3.01. The van der Waals surface area contributed by atoms with E-state index in [1.807, 2.05) is 0 Å². The number of nitrogens with zero attached hydrogens (tertiary/aromatic N) is 3. The first-order chi connectivity index (χ1) is 12.3. The van der Waals surface area contributed by atoms with Gasteiger partial charge in [0.2, 0.25) is 5.91 Å². The van der Waals surface area contributed by atoms with Crippen LogP contribution in [0, 0.1) is 0 Å². The highest BCUT2D eigenvalue weighted by atomic mass is 32.2. The Balaban J connectivity index is 1.33. The number of amides is 1. The van der Waals surface area contributed by atoms with Crippen molar-refractivity contribution in [3.63, 3.8) is 0 Å². The molecule has 134 valence electrons. The van der Waals surface area contributed by atoms with Crippen LogP contribution in [-0.2, 0) is 16.0 Å². The maximum atomic E-state index is 12.1. The van der Waals surface area contributed by atoms with E-state index >= 15 is 0 Å². The summed E-state index contributed by atoms with van der Waals surface area (Å²) in [7, 11) is 0. The van der Waals surface area contributed by atoms with E-state index < -0.39 is 0 Å². The van der Waals surface area contributed by atoms with Gasteiger partial charge in [-0.2, -0.15) is 0 Å². The smallest absolute Gasteiger partial charge is 0.230 e. The maximum absolute atomic E-state index is 12.1. The third-order valence-corrected chi connectivity index (χ3v) is 6.26. The molecule has 6 nitrogen and oxygen atoms in total. The maximum Gasteiger partial charge on any atom is 0.230 e. The van der Waals surface area contributed by atoms with Crippen molar-refractivity contribution in [2.75, 3.05) is 18.9 Å². The Morgan fingerprint density at radius 2 is 2.32 bits per heavy atom. The second-order valence-electron chi connectivity index (χ2n) is 6.48. The van der Waals surface area contributed by atoms with Crippen molar-refractivity contribution in [2.24, 2.45) is 0 Å². The summed E-state index contributed by atoms with van der Waals surface area (Å²) in [6, 6.07) is 4.69. The number of nitrogens with one attached hydrogen (secondary N) is 1. The second kappa shape index (κ2) is 7.88. The summed E-state index contributed by atoms with van der Waals surface area (Å²) in [5, 5.41) is 14.6. The minimum Gasteiger partial charge on any atom is -0.376 e. The third-order valence-electron chi connectivity index (χ3n) is 4.44. The molecule has 1 atom stereocenters. The molecule has 2 aromatic heterocycles. The molecule has 1 N–H and O–H groups in total. The van der Waals surface area contributed by atoms with Crippen molar-refractivity contribution in [3.05, 3.63) is 28.2 Å². The lowest BCUT2D eigenvalue weighted by atomic mass is 10.2. The lowest BCUT2D eigenvalue weighted by Gasteiger charge is -2.11. The minimum atomic E-state index is 0.0330. The standard InChI is InChI=1S/C17H22N4O2S2/c22-16(18-10-13-3-1-7-23-13)11-25-17-20-19-15(21(17)12-5-6-12)9-14-4-2-8-24-14/h2,4,8,12-13H,1,3,5-7,9-11H2,(H,18,22)/t13-/m1/s1. The lowest BCUT2D eigenvalue weighted by Crippen LogP contribution is -2.32. The number of carbonyl (C=O) groups excluding carboxylic acids is 1. The van der Waals surface area contributed by atoms with E-state index in [1.165, 1.54) is 29.5 Å². The molecule has 1 amide bonds. The van der Waals surface area contributed by atoms with Crippen molar-refractivity contribution in [1.82, 2.24) is 20.1 Å². The van der Waals surface area contributed by atoms with Crippen LogP contribution < -0.4 is 5.32 Å². The number of thiophene rings is 1. The van der Waals surface area contributed by atoms with Gasteiger partial charge in [0.05, 0.1) is 11.9 Å². The van der Waals surface area contributed by atoms with Crippen LogP contribution in [0.5, 0.6) is 0 Å². The first-order valence-electron chi connectivity index (χ1n) is 8.77. The van der Waals surface area contributed by atoms with Gasteiger partial charge >= 0.3 is 0 Å². The van der Waals surface area contributed by atoms with E-state index in [1.54, 1.807) is 11.3 Å². The number of hydrogen-bond donors (Lipinski definition) is 1. The molecule has 0 unspecified atom stereocenters. The van der Waals surface area contributed by atoms with Crippen LogP contribution in [0.3, 0.4) is 0 Å². The van der Waals surface area contributed by atoms with E-state index in [0.29, 0.717) is 18.3 Å². The number of aromatic nitrogens is 3. The topological polar surface area (TPSA) is 69.0 Å². The highest BCUT2D eigenvalue weighted by Crippen LogP contribution is 2.39. The summed E-state index contributed by atoms with van der Waals surface area (Å²) in [6.07, 6.45) is 5.47. The van der Waals surface area contributed by atoms with E-state index in [9.17, 15) is 4.79 Å². The van der Waals surface area contributed by atoms with Gasteiger partial charge in [0.25, 0.3) is 0 Å². The molecule has 1 aliphatic heterocycles. The Kier molecular flexibility index (Phi) is 5.38. The Hall–Kier alpha value is -1.38. The van der Waals surface area contributed by atoms with Gasteiger partial charge in [0.15, 0.2) is 5.16 Å². The zero-order chi connectivity index (χ0) is 17.1. The fourth-order valence-corrected chi connectivity index (χ4v) is 4.56. The van der Waals surface area contributed by atoms with Crippen molar-refractivity contribution in [1.29, 1.82) is 0 Å². The van der Waals surface area contributed by atoms with Gasteiger partial charge in [-0.1, -0.05) is 17.8 Å². The highest BCUT2D eigenvalue weighted by molar-refractivity contribution is 7.99. The summed E-state index contributed by atoms with van der Waals surface area (Å²) in [5.74, 6) is 1.41. The molecule has 25 heavy (non-hydrogen) atoms. The molecule has 0 spiro atoms. The van der Waals surface area contributed by atoms with Crippen molar-refractivity contribution < 1.29 is 9.53 Å². The second-order valence-corrected chi connectivity index (χ2v) is 8.46. The van der Waals surface area contributed by atoms with E-state index in [-0.39, 0.29) is 12.0 Å². The van der Waals surface area contributed by atoms with Gasteiger partial charge in [-0.25, -0.2) is 0 Å². The van der Waals surface area contributed by atoms with E-state index in [0.717, 1.165) is 36.9 Å². The molecule has 4 rings (SSSR count). The quantitative estimate of drug-likeness (QED) is 0.715. The molecule has 0 aromatic carbocycles. The fraction of sp³-hybridized carbons (Fsp3) is 0.588. The third kappa shape index (κ3) is 4.43. The van der Waals surface area contributed by atoms with Crippen molar-refractivity contribution in [2.45, 2.75) is 49.4 Å². The zero-order valence-electron chi connectivity index (χ0n) is 14.0. The summed E-state index contributed by atoms with van der Waals surface area (Å²) in [4.78, 5) is 13.4. The molecule has 8 heteroatoms. The van der Waals surface area contributed by atoms with E-state index in [4.69, 9.17) is 4.74 Å². The minimum absolute atomic E-state index is 0.0330. The first-order valence-corrected chi connectivity index (χ1v) is 10.6. The Morgan fingerprint density at radius 3 is 3.04 bits per heavy atom. The molecule has 0 radical (unpaired) electrons. The van der Waals surface area contributed by atoms with Gasteiger partial charge < -0.3 is 14.6 Å². The Bertz CT molecular complexity index is 706. The summed E-state index contributed by atoms with van der Waals surface area (Å²) in [6.45, 7) is 1.42. The number of ether oxygens (including phenoxy) is 1. The molecule has 2 fully saturated rings.